The largest absolute Gasteiger partial charge is 0.438 e. The topological polar surface area (TPSA) is 77.6 Å². The van der Waals surface area contributed by atoms with Gasteiger partial charge in [-0.3, -0.25) is 0 Å². The van der Waals surface area contributed by atoms with Crippen molar-refractivity contribution >= 4 is 22.1 Å². The third-order valence-corrected chi connectivity index (χ3v) is 11.0. The van der Waals surface area contributed by atoms with E-state index in [1.165, 1.54) is 0 Å². The van der Waals surface area contributed by atoms with E-state index in [0.29, 0.717) is 29.0 Å². The number of fused-ring (bicyclic) bond motifs is 3. The van der Waals surface area contributed by atoms with E-state index in [-0.39, 0.29) is 0 Å². The predicted molar refractivity (Wildman–Crippen MR) is 246 cm³/mol. The van der Waals surface area contributed by atoms with E-state index in [1.807, 2.05) is 109 Å². The maximum atomic E-state index is 6.31. The van der Waals surface area contributed by atoms with Crippen LogP contribution in [0.15, 0.2) is 217 Å². The fourth-order valence-corrected chi connectivity index (χ4v) is 7.93. The Bertz CT molecular complexity index is 3310. The number of nitrogens with zero attached hydrogens (tertiary/aromatic N) is 5. The van der Waals surface area contributed by atoms with Crippen molar-refractivity contribution < 1.29 is 4.42 Å². The Kier molecular flexibility index (Phi) is 9.06. The number of aromatic nitrogens is 5. The van der Waals surface area contributed by atoms with E-state index in [4.69, 9.17) is 29.3 Å². The Hall–Kier alpha value is -8.35. The van der Waals surface area contributed by atoms with Gasteiger partial charge in [-0.1, -0.05) is 182 Å². The minimum Gasteiger partial charge on any atom is -0.438 e. The van der Waals surface area contributed by atoms with Crippen LogP contribution in [0.3, 0.4) is 0 Å². The molecule has 0 atom stereocenters. The monoisotopic (exact) mass is 781 g/mol. The normalized spacial score (nSPS) is 11.3. The quantitative estimate of drug-likeness (QED) is 0.153. The van der Waals surface area contributed by atoms with Crippen molar-refractivity contribution in [3.8, 4) is 90.2 Å². The lowest BCUT2D eigenvalue weighted by Gasteiger charge is -2.11. The van der Waals surface area contributed by atoms with E-state index in [9.17, 15) is 0 Å². The summed E-state index contributed by atoms with van der Waals surface area (Å²) in [5, 5.41) is 1.90. The summed E-state index contributed by atoms with van der Waals surface area (Å²) in [6.45, 7) is 0. The molecule has 3 heterocycles. The smallest absolute Gasteiger partial charge is 0.231 e. The van der Waals surface area contributed by atoms with Gasteiger partial charge >= 0.3 is 0 Å². The molecule has 0 N–H and O–H groups in total. The molecule has 0 unspecified atom stereocenters. The Morgan fingerprint density at radius 1 is 0.262 bits per heavy atom. The molecule has 8 aromatic carbocycles. The van der Waals surface area contributed by atoms with Crippen LogP contribution >= 0.6 is 0 Å². The van der Waals surface area contributed by atoms with E-state index < -0.39 is 0 Å². The first kappa shape index (κ1) is 35.8. The van der Waals surface area contributed by atoms with E-state index in [0.717, 1.165) is 83.2 Å². The molecule has 0 radical (unpaired) electrons. The number of rotatable bonds is 8. The van der Waals surface area contributed by atoms with Crippen LogP contribution in [0.2, 0.25) is 0 Å². The Labute approximate surface area is 352 Å². The lowest BCUT2D eigenvalue weighted by Crippen LogP contribution is -2.00. The number of benzene rings is 8. The fourth-order valence-electron chi connectivity index (χ4n) is 7.93. The zero-order valence-corrected chi connectivity index (χ0v) is 32.9. The molecule has 286 valence electrons. The first-order valence-corrected chi connectivity index (χ1v) is 20.2. The lowest BCUT2D eigenvalue weighted by atomic mass is 9.94. The van der Waals surface area contributed by atoms with Crippen LogP contribution in [0.5, 0.6) is 0 Å². The highest BCUT2D eigenvalue weighted by atomic mass is 16.3. The van der Waals surface area contributed by atoms with E-state index >= 15 is 0 Å². The molecule has 0 spiro atoms. The van der Waals surface area contributed by atoms with Gasteiger partial charge < -0.3 is 4.42 Å². The number of hydrogen-bond acceptors (Lipinski definition) is 6. The molecule has 3 aromatic heterocycles. The van der Waals surface area contributed by atoms with E-state index in [2.05, 4.69) is 103 Å². The SMILES string of the molecule is c1ccc(-c2nc(-c3ccccc3)nc(-c3cccc(-c4cccc(-c5cccc(-c6cccc(-c7nc(-c8ccccc8)nc8oc9ccccc9c78)c6)c5)c4)c3)n2)cc1. The maximum absolute atomic E-state index is 6.31. The Morgan fingerprint density at radius 2 is 0.607 bits per heavy atom. The van der Waals surface area contributed by atoms with Gasteiger partial charge in [0.25, 0.3) is 0 Å². The minimum absolute atomic E-state index is 0.574. The zero-order chi connectivity index (χ0) is 40.5. The van der Waals surface area contributed by atoms with Crippen molar-refractivity contribution in [3.05, 3.63) is 212 Å². The van der Waals surface area contributed by atoms with Crippen molar-refractivity contribution in [2.45, 2.75) is 0 Å². The van der Waals surface area contributed by atoms with Gasteiger partial charge in [0, 0.05) is 33.2 Å². The second-order valence-corrected chi connectivity index (χ2v) is 14.9. The molecule has 61 heavy (non-hydrogen) atoms. The van der Waals surface area contributed by atoms with Crippen LogP contribution in [0.25, 0.3) is 112 Å². The third-order valence-electron chi connectivity index (χ3n) is 11.0. The summed E-state index contributed by atoms with van der Waals surface area (Å²) in [6, 6.07) is 72.7. The van der Waals surface area contributed by atoms with Gasteiger partial charge in [-0.05, 0) is 63.7 Å². The van der Waals surface area contributed by atoms with Gasteiger partial charge in [0.2, 0.25) is 5.71 Å². The summed E-state index contributed by atoms with van der Waals surface area (Å²) in [4.78, 5) is 24.9. The molecule has 6 heteroatoms. The molecule has 11 rings (SSSR count). The standard InChI is InChI=1S/C55H35N5O/c1-4-16-36(17-5-1)51-56-50(49-47-30-10-11-31-48(47)61-55(49)60-51)45-28-14-26-43(34-45)41-24-12-22-39(32-41)40-23-13-25-42(33-40)44-27-15-29-46(35-44)54-58-52(37-18-6-2-7-19-37)57-53(59-54)38-20-8-3-9-21-38/h1-35H. The van der Waals surface area contributed by atoms with Gasteiger partial charge in [0.15, 0.2) is 23.3 Å². The molecular weight excluding hydrogens is 747 g/mol. The zero-order valence-electron chi connectivity index (χ0n) is 32.9. The molecule has 0 bridgehead atoms. The minimum atomic E-state index is 0.574. The van der Waals surface area contributed by atoms with Crippen LogP contribution in [0, 0.1) is 0 Å². The second-order valence-electron chi connectivity index (χ2n) is 14.9. The molecule has 0 saturated heterocycles. The third kappa shape index (κ3) is 7.02. The van der Waals surface area contributed by atoms with Gasteiger partial charge in [0.1, 0.15) is 5.58 Å². The Morgan fingerprint density at radius 3 is 1.10 bits per heavy atom. The average Bonchev–Trinajstić information content (AvgIpc) is 3.73. The molecule has 0 aliphatic carbocycles. The van der Waals surface area contributed by atoms with Crippen molar-refractivity contribution in [2.24, 2.45) is 0 Å². The molecule has 6 nitrogen and oxygen atoms in total. The van der Waals surface area contributed by atoms with Gasteiger partial charge in [-0.15, -0.1) is 0 Å². The Balaban J connectivity index is 0.945. The summed E-state index contributed by atoms with van der Waals surface area (Å²) >= 11 is 0. The molecular formula is C55H35N5O. The van der Waals surface area contributed by atoms with Crippen LogP contribution < -0.4 is 0 Å². The molecule has 0 fully saturated rings. The van der Waals surface area contributed by atoms with Crippen molar-refractivity contribution in [3.63, 3.8) is 0 Å². The highest BCUT2D eigenvalue weighted by molar-refractivity contribution is 6.10. The van der Waals surface area contributed by atoms with Crippen molar-refractivity contribution in [1.29, 1.82) is 0 Å². The summed E-state index contributed by atoms with van der Waals surface area (Å²) in [5.74, 6) is 2.53. The molecule has 0 saturated carbocycles. The van der Waals surface area contributed by atoms with Crippen LogP contribution in [0.1, 0.15) is 0 Å². The number of para-hydroxylation sites is 1. The molecule has 0 amide bonds. The van der Waals surface area contributed by atoms with Crippen LogP contribution in [-0.2, 0) is 0 Å². The van der Waals surface area contributed by atoms with Crippen molar-refractivity contribution in [2.75, 3.05) is 0 Å². The second kappa shape index (κ2) is 15.4. The van der Waals surface area contributed by atoms with Crippen LogP contribution in [-0.4, -0.2) is 24.9 Å². The van der Waals surface area contributed by atoms with Crippen LogP contribution in [0.4, 0.5) is 0 Å². The van der Waals surface area contributed by atoms with Gasteiger partial charge in [0.05, 0.1) is 11.1 Å². The predicted octanol–water partition coefficient (Wildman–Crippen LogP) is 13.9. The maximum Gasteiger partial charge on any atom is 0.231 e. The molecule has 11 aromatic rings. The number of hydrogen-bond donors (Lipinski definition) is 0. The summed E-state index contributed by atoms with van der Waals surface area (Å²) < 4.78 is 6.31. The fraction of sp³-hybridized carbons (Fsp3) is 0. The van der Waals surface area contributed by atoms with Gasteiger partial charge in [-0.2, -0.15) is 4.98 Å². The van der Waals surface area contributed by atoms with Gasteiger partial charge in [-0.25, -0.2) is 19.9 Å². The lowest BCUT2D eigenvalue weighted by molar-refractivity contribution is 0.653. The molecule has 0 aliphatic heterocycles. The number of furan rings is 1. The summed E-state index contributed by atoms with van der Waals surface area (Å²) in [5.41, 5.74) is 13.5. The van der Waals surface area contributed by atoms with E-state index in [1.54, 1.807) is 0 Å². The first-order valence-electron chi connectivity index (χ1n) is 20.2. The molecule has 0 aliphatic rings. The summed E-state index contributed by atoms with van der Waals surface area (Å²) in [6.07, 6.45) is 0. The summed E-state index contributed by atoms with van der Waals surface area (Å²) in [7, 11) is 0. The highest BCUT2D eigenvalue weighted by Gasteiger charge is 2.19. The average molecular weight is 782 g/mol. The first-order chi connectivity index (χ1) is 30.2. The highest BCUT2D eigenvalue weighted by Crippen LogP contribution is 2.38. The van der Waals surface area contributed by atoms with Crippen molar-refractivity contribution in [1.82, 2.24) is 24.9 Å².